The first kappa shape index (κ1) is 24.2. The molecule has 7 nitrogen and oxygen atoms in total. The molecule has 7 heteroatoms. The topological polar surface area (TPSA) is 85.3 Å². The van der Waals surface area contributed by atoms with Gasteiger partial charge in [0.2, 0.25) is 5.91 Å². The summed E-state index contributed by atoms with van der Waals surface area (Å²) in [5.41, 5.74) is 1.65. The lowest BCUT2D eigenvalue weighted by Crippen LogP contribution is -2.39. The molecule has 0 bridgehead atoms. The summed E-state index contributed by atoms with van der Waals surface area (Å²) in [4.78, 5) is 43.9. The van der Waals surface area contributed by atoms with Gasteiger partial charge in [0, 0.05) is 23.6 Å². The van der Waals surface area contributed by atoms with Crippen molar-refractivity contribution in [3.05, 3.63) is 71.8 Å². The Morgan fingerprint density at radius 3 is 2.06 bits per heavy atom. The Labute approximate surface area is 194 Å². The molecule has 0 aromatic heterocycles. The van der Waals surface area contributed by atoms with E-state index in [1.165, 1.54) is 7.11 Å². The fraction of sp³-hybridized carbons (Fsp3) is 0.385. The molecule has 2 amide bonds. The van der Waals surface area contributed by atoms with E-state index in [-0.39, 0.29) is 18.9 Å². The molecule has 3 rings (SSSR count). The van der Waals surface area contributed by atoms with Crippen LogP contribution in [0.25, 0.3) is 0 Å². The summed E-state index contributed by atoms with van der Waals surface area (Å²) in [6, 6.07) is 18.2. The van der Waals surface area contributed by atoms with Crippen LogP contribution in [0.3, 0.4) is 0 Å². The van der Waals surface area contributed by atoms with Gasteiger partial charge in [0.25, 0.3) is 0 Å². The Hall–Kier alpha value is -3.48. The Morgan fingerprint density at radius 1 is 1.03 bits per heavy atom. The van der Waals surface area contributed by atoms with Crippen molar-refractivity contribution >= 4 is 23.7 Å². The minimum Gasteiger partial charge on any atom is -0.467 e. The van der Waals surface area contributed by atoms with Crippen LogP contribution >= 0.6 is 0 Å². The molecule has 2 atom stereocenters. The van der Waals surface area contributed by atoms with Crippen molar-refractivity contribution in [2.45, 2.75) is 45.3 Å². The third-order valence-corrected chi connectivity index (χ3v) is 5.29. The van der Waals surface area contributed by atoms with Gasteiger partial charge in [-0.2, -0.15) is 0 Å². The maximum atomic E-state index is 12.9. The summed E-state index contributed by atoms with van der Waals surface area (Å²) in [6.45, 7) is 5.50. The number of benzene rings is 2. The molecule has 1 fully saturated rings. The number of aliphatic imine (C=N–C) groups is 1. The van der Waals surface area contributed by atoms with Gasteiger partial charge in [-0.1, -0.05) is 60.7 Å². The first-order chi connectivity index (χ1) is 15.7. The van der Waals surface area contributed by atoms with Crippen LogP contribution in [0, 0.1) is 5.92 Å². The Kier molecular flexibility index (Phi) is 7.63. The van der Waals surface area contributed by atoms with Gasteiger partial charge in [-0.05, 0) is 33.6 Å². The zero-order valence-electron chi connectivity index (χ0n) is 19.5. The number of hydrogen-bond acceptors (Lipinski definition) is 6. The Balaban J connectivity index is 1.88. The number of amides is 2. The van der Waals surface area contributed by atoms with E-state index in [1.807, 2.05) is 60.7 Å². The predicted octanol–water partition coefficient (Wildman–Crippen LogP) is 4.24. The van der Waals surface area contributed by atoms with Crippen molar-refractivity contribution in [1.29, 1.82) is 0 Å². The van der Waals surface area contributed by atoms with Gasteiger partial charge < -0.3 is 9.47 Å². The van der Waals surface area contributed by atoms with Crippen LogP contribution in [0.2, 0.25) is 0 Å². The van der Waals surface area contributed by atoms with Gasteiger partial charge in [-0.3, -0.25) is 9.79 Å². The molecule has 0 N–H and O–H groups in total. The average Bonchev–Trinajstić information content (AvgIpc) is 3.16. The van der Waals surface area contributed by atoms with E-state index in [0.29, 0.717) is 12.1 Å². The van der Waals surface area contributed by atoms with Crippen molar-refractivity contribution in [1.82, 2.24) is 4.90 Å². The smallest absolute Gasteiger partial charge is 0.417 e. The summed E-state index contributed by atoms with van der Waals surface area (Å²) >= 11 is 0. The number of imide groups is 1. The zero-order valence-corrected chi connectivity index (χ0v) is 19.5. The molecule has 2 aromatic rings. The second-order valence-electron chi connectivity index (χ2n) is 8.94. The molecule has 174 valence electrons. The molecule has 1 aliphatic rings. The summed E-state index contributed by atoms with van der Waals surface area (Å²) in [6.07, 6.45) is -0.0801. The second kappa shape index (κ2) is 10.4. The molecule has 1 unspecified atom stereocenters. The van der Waals surface area contributed by atoms with Crippen LogP contribution in [0.5, 0.6) is 0 Å². The third-order valence-electron chi connectivity index (χ3n) is 5.29. The molecular formula is C26H30N2O5. The fourth-order valence-corrected chi connectivity index (χ4v) is 3.73. The number of methoxy groups -OCH3 is 1. The van der Waals surface area contributed by atoms with Gasteiger partial charge in [0.15, 0.2) is 0 Å². The highest BCUT2D eigenvalue weighted by molar-refractivity contribution is 6.13. The zero-order chi connectivity index (χ0) is 24.0. The number of rotatable bonds is 6. The quantitative estimate of drug-likeness (QED) is 0.485. The van der Waals surface area contributed by atoms with Gasteiger partial charge in [0.05, 0.1) is 12.8 Å². The van der Waals surface area contributed by atoms with Gasteiger partial charge >= 0.3 is 12.1 Å². The summed E-state index contributed by atoms with van der Waals surface area (Å²) in [5.74, 6) is -1.41. The summed E-state index contributed by atoms with van der Waals surface area (Å²) in [7, 11) is 1.30. The molecule has 2 aromatic carbocycles. The van der Waals surface area contributed by atoms with Crippen LogP contribution in [-0.2, 0) is 19.1 Å². The van der Waals surface area contributed by atoms with Crippen molar-refractivity contribution in [2.24, 2.45) is 10.9 Å². The van der Waals surface area contributed by atoms with Crippen molar-refractivity contribution < 1.29 is 23.9 Å². The highest BCUT2D eigenvalue weighted by Gasteiger charge is 2.40. The van der Waals surface area contributed by atoms with Crippen LogP contribution < -0.4 is 0 Å². The Morgan fingerprint density at radius 2 is 1.58 bits per heavy atom. The number of hydrogen-bond donors (Lipinski definition) is 0. The van der Waals surface area contributed by atoms with Gasteiger partial charge in [0.1, 0.15) is 11.6 Å². The molecule has 0 saturated carbocycles. The lowest BCUT2D eigenvalue weighted by atomic mass is 9.97. The molecule has 1 saturated heterocycles. The first-order valence-corrected chi connectivity index (χ1v) is 11.0. The van der Waals surface area contributed by atoms with Crippen LogP contribution in [0.1, 0.15) is 44.7 Å². The van der Waals surface area contributed by atoms with E-state index in [0.717, 1.165) is 16.0 Å². The number of likely N-dealkylation sites (tertiary alicyclic amines) is 1. The van der Waals surface area contributed by atoms with E-state index in [2.05, 4.69) is 0 Å². The van der Waals surface area contributed by atoms with Crippen LogP contribution in [-0.4, -0.2) is 53.9 Å². The normalized spacial score (nSPS) is 16.8. The van der Waals surface area contributed by atoms with Crippen molar-refractivity contribution in [3.8, 4) is 0 Å². The molecule has 1 heterocycles. The predicted molar refractivity (Wildman–Crippen MR) is 125 cm³/mol. The molecule has 33 heavy (non-hydrogen) atoms. The summed E-state index contributed by atoms with van der Waals surface area (Å²) in [5, 5.41) is 0. The third kappa shape index (κ3) is 6.28. The second-order valence-corrected chi connectivity index (χ2v) is 8.94. The number of ether oxygens (including phenoxy) is 2. The van der Waals surface area contributed by atoms with E-state index in [9.17, 15) is 14.4 Å². The summed E-state index contributed by atoms with van der Waals surface area (Å²) < 4.78 is 10.3. The fourth-order valence-electron chi connectivity index (χ4n) is 3.73. The molecule has 1 aliphatic heterocycles. The van der Waals surface area contributed by atoms with Crippen molar-refractivity contribution in [3.63, 3.8) is 0 Å². The van der Waals surface area contributed by atoms with E-state index >= 15 is 0 Å². The minimum atomic E-state index is -0.891. The Bertz CT molecular complexity index is 970. The average molecular weight is 451 g/mol. The highest BCUT2D eigenvalue weighted by Crippen LogP contribution is 2.27. The van der Waals surface area contributed by atoms with E-state index in [1.54, 1.807) is 20.8 Å². The number of nitrogens with zero attached hydrogens (tertiary/aromatic N) is 2. The van der Waals surface area contributed by atoms with E-state index < -0.39 is 29.6 Å². The maximum absolute atomic E-state index is 12.9. The van der Waals surface area contributed by atoms with Crippen LogP contribution in [0.15, 0.2) is 65.7 Å². The highest BCUT2D eigenvalue weighted by atomic mass is 16.6. The molecule has 0 spiro atoms. The number of carbonyl (C=O) groups excluding carboxylic acids is 3. The lowest BCUT2D eigenvalue weighted by Gasteiger charge is -2.23. The molecule has 0 radical (unpaired) electrons. The van der Waals surface area contributed by atoms with Crippen LogP contribution in [0.4, 0.5) is 4.79 Å². The molecular weight excluding hydrogens is 420 g/mol. The monoisotopic (exact) mass is 450 g/mol. The number of carbonyl (C=O) groups is 3. The standard InChI is InChI=1S/C26H30N2O5/c1-26(2,3)33-25(31)28-16-15-20(23(28)29)17-21(24(30)32-4)27-22(18-11-7-5-8-12-18)19-13-9-6-10-14-19/h5-14,20-21H,15-17H2,1-4H3/t20-,21?/m0/s1. The maximum Gasteiger partial charge on any atom is 0.417 e. The largest absolute Gasteiger partial charge is 0.467 e. The molecule has 0 aliphatic carbocycles. The lowest BCUT2D eigenvalue weighted by molar-refractivity contribution is -0.142. The SMILES string of the molecule is COC(=O)C(C[C@@H]1CCN(C(=O)OC(C)(C)C)C1=O)N=C(c1ccccc1)c1ccccc1. The van der Waals surface area contributed by atoms with Crippen molar-refractivity contribution in [2.75, 3.05) is 13.7 Å². The number of esters is 1. The van der Waals surface area contributed by atoms with Gasteiger partial charge in [-0.15, -0.1) is 0 Å². The van der Waals surface area contributed by atoms with Gasteiger partial charge in [-0.25, -0.2) is 14.5 Å². The first-order valence-electron chi connectivity index (χ1n) is 11.0. The van der Waals surface area contributed by atoms with E-state index in [4.69, 9.17) is 14.5 Å². The minimum absolute atomic E-state index is 0.147.